The fourth-order valence-electron chi connectivity index (χ4n) is 2.08. The summed E-state index contributed by atoms with van der Waals surface area (Å²) in [5.41, 5.74) is 3.03. The monoisotopic (exact) mass is 154 g/mol. The Morgan fingerprint density at radius 2 is 1.17 bits per heavy atom. The van der Waals surface area contributed by atoms with Crippen molar-refractivity contribution in [1.29, 1.82) is 0 Å². The Morgan fingerprint density at radius 1 is 0.667 bits per heavy atom. The van der Waals surface area contributed by atoms with Gasteiger partial charge in [-0.05, 0) is 11.1 Å². The van der Waals surface area contributed by atoms with E-state index in [1.54, 1.807) is 0 Å². The van der Waals surface area contributed by atoms with E-state index in [0.717, 1.165) is 11.8 Å². The second kappa shape index (κ2) is 2.10. The van der Waals surface area contributed by atoms with Crippen LogP contribution in [0.25, 0.3) is 0 Å². The first-order valence-corrected chi connectivity index (χ1v) is 4.40. The van der Waals surface area contributed by atoms with Crippen LogP contribution < -0.4 is 0 Å². The van der Waals surface area contributed by atoms with Gasteiger partial charge in [-0.15, -0.1) is 0 Å². The predicted molar refractivity (Wildman–Crippen MR) is 50.6 cm³/mol. The first-order chi connectivity index (χ1) is 5.97. The lowest BCUT2D eigenvalue weighted by atomic mass is 9.58. The van der Waals surface area contributed by atoms with Gasteiger partial charge in [0.1, 0.15) is 0 Å². The van der Waals surface area contributed by atoms with Crippen molar-refractivity contribution < 1.29 is 0 Å². The molecule has 0 radical (unpaired) electrons. The van der Waals surface area contributed by atoms with Gasteiger partial charge in [0, 0.05) is 11.8 Å². The average molecular weight is 154 g/mol. The summed E-state index contributed by atoms with van der Waals surface area (Å²) < 4.78 is 0. The zero-order chi connectivity index (χ0) is 7.97. The topological polar surface area (TPSA) is 0 Å². The van der Waals surface area contributed by atoms with Crippen LogP contribution in [-0.4, -0.2) is 0 Å². The van der Waals surface area contributed by atoms with Gasteiger partial charge < -0.3 is 0 Å². The van der Waals surface area contributed by atoms with E-state index in [9.17, 15) is 0 Å². The average Bonchev–Trinajstić information content (AvgIpc) is 2.00. The van der Waals surface area contributed by atoms with Crippen LogP contribution in [0.1, 0.15) is 0 Å². The molecule has 0 aliphatic heterocycles. The Morgan fingerprint density at radius 3 is 1.58 bits per heavy atom. The maximum Gasteiger partial charge on any atom is 0.0125 e. The third kappa shape index (κ3) is 0.626. The molecule has 0 N–H and O–H groups in total. The van der Waals surface area contributed by atoms with Gasteiger partial charge in [0.05, 0.1) is 0 Å². The van der Waals surface area contributed by atoms with Gasteiger partial charge in [-0.2, -0.15) is 0 Å². The third-order valence-electron chi connectivity index (χ3n) is 2.85. The molecular formula is C12H10. The summed E-state index contributed by atoms with van der Waals surface area (Å²) in [5.74, 6) is 1.49. The first kappa shape index (κ1) is 6.24. The smallest absolute Gasteiger partial charge is 0.0125 e. The highest BCUT2D eigenvalue weighted by molar-refractivity contribution is 5.58. The zero-order valence-electron chi connectivity index (χ0n) is 6.77. The maximum absolute atomic E-state index is 2.30. The lowest BCUT2D eigenvalue weighted by Crippen LogP contribution is -2.35. The highest BCUT2D eigenvalue weighted by Gasteiger charge is 2.41. The molecule has 3 aliphatic rings. The van der Waals surface area contributed by atoms with Crippen LogP contribution >= 0.6 is 0 Å². The van der Waals surface area contributed by atoms with Crippen molar-refractivity contribution in [3.8, 4) is 0 Å². The van der Waals surface area contributed by atoms with Crippen LogP contribution in [0.15, 0.2) is 59.8 Å². The number of fused-ring (bicyclic) bond motifs is 4. The molecule has 1 fully saturated rings. The Balaban J connectivity index is 2.08. The summed E-state index contributed by atoms with van der Waals surface area (Å²) in [5, 5.41) is 0. The van der Waals surface area contributed by atoms with Gasteiger partial charge >= 0.3 is 0 Å². The number of hydrogen-bond acceptors (Lipinski definition) is 0. The SMILES string of the molecule is C1=CC2C3=C/C=C\C=C/C=C\3C12. The predicted octanol–water partition coefficient (Wildman–Crippen LogP) is 2.78. The van der Waals surface area contributed by atoms with Crippen molar-refractivity contribution in [2.75, 3.05) is 0 Å². The molecule has 2 unspecified atom stereocenters. The summed E-state index contributed by atoms with van der Waals surface area (Å²) in [7, 11) is 0. The molecule has 0 aromatic carbocycles. The van der Waals surface area contributed by atoms with Crippen molar-refractivity contribution in [1.82, 2.24) is 0 Å². The lowest BCUT2D eigenvalue weighted by molar-refractivity contribution is 0.469. The van der Waals surface area contributed by atoms with Gasteiger partial charge in [-0.3, -0.25) is 0 Å². The largest absolute Gasteiger partial charge is 0.0794 e. The molecule has 0 aromatic rings. The molecule has 0 spiro atoms. The van der Waals surface area contributed by atoms with Crippen LogP contribution in [-0.2, 0) is 0 Å². The Hall–Kier alpha value is -1.30. The number of rotatable bonds is 0. The number of allylic oxidation sites excluding steroid dienone is 10. The lowest BCUT2D eigenvalue weighted by Gasteiger charge is -2.45. The summed E-state index contributed by atoms with van der Waals surface area (Å²) in [6, 6.07) is 0. The van der Waals surface area contributed by atoms with E-state index in [2.05, 4.69) is 48.6 Å². The van der Waals surface area contributed by atoms with E-state index in [1.807, 2.05) is 0 Å². The highest BCUT2D eigenvalue weighted by atomic mass is 14.4. The minimum Gasteiger partial charge on any atom is -0.0794 e. The van der Waals surface area contributed by atoms with E-state index in [1.165, 1.54) is 11.1 Å². The van der Waals surface area contributed by atoms with Crippen LogP contribution in [0.2, 0.25) is 0 Å². The molecular weight excluding hydrogens is 144 g/mol. The molecule has 0 amide bonds. The summed E-state index contributed by atoms with van der Waals surface area (Å²) in [6.07, 6.45) is 17.5. The molecule has 2 atom stereocenters. The molecule has 58 valence electrons. The Bertz CT molecular complexity index is 325. The molecule has 1 saturated carbocycles. The summed E-state index contributed by atoms with van der Waals surface area (Å²) >= 11 is 0. The van der Waals surface area contributed by atoms with Crippen molar-refractivity contribution in [2.24, 2.45) is 11.8 Å². The van der Waals surface area contributed by atoms with E-state index < -0.39 is 0 Å². The van der Waals surface area contributed by atoms with Gasteiger partial charge in [0.25, 0.3) is 0 Å². The zero-order valence-corrected chi connectivity index (χ0v) is 6.77. The van der Waals surface area contributed by atoms with E-state index in [-0.39, 0.29) is 0 Å². The molecule has 0 aromatic heterocycles. The molecule has 3 rings (SSSR count). The minimum atomic E-state index is 0.743. The van der Waals surface area contributed by atoms with E-state index >= 15 is 0 Å². The fraction of sp³-hybridized carbons (Fsp3) is 0.167. The van der Waals surface area contributed by atoms with Crippen LogP contribution in [0.4, 0.5) is 0 Å². The standard InChI is InChI=1S/C12H10/c1-2-4-6-10-9(5-3-1)11-7-8-12(10)11/h1-8,11-12H/b2-1?,3-1-,4-2-,5-3?,6-4?,9-5+,10-6+. The minimum absolute atomic E-state index is 0.743. The van der Waals surface area contributed by atoms with Gasteiger partial charge in [0.2, 0.25) is 0 Å². The Kier molecular flexibility index (Phi) is 1.09. The van der Waals surface area contributed by atoms with Gasteiger partial charge in [-0.25, -0.2) is 0 Å². The van der Waals surface area contributed by atoms with Gasteiger partial charge in [-0.1, -0.05) is 48.6 Å². The number of hydrogen-bond donors (Lipinski definition) is 0. The molecule has 0 nitrogen and oxygen atoms in total. The highest BCUT2D eigenvalue weighted by Crippen LogP contribution is 2.52. The van der Waals surface area contributed by atoms with E-state index in [4.69, 9.17) is 0 Å². The van der Waals surface area contributed by atoms with Crippen LogP contribution in [0.5, 0.6) is 0 Å². The summed E-state index contributed by atoms with van der Waals surface area (Å²) in [6.45, 7) is 0. The molecule has 3 aliphatic carbocycles. The molecule has 12 heavy (non-hydrogen) atoms. The quantitative estimate of drug-likeness (QED) is 0.471. The van der Waals surface area contributed by atoms with Gasteiger partial charge in [0.15, 0.2) is 0 Å². The summed E-state index contributed by atoms with van der Waals surface area (Å²) in [4.78, 5) is 0. The maximum atomic E-state index is 2.30. The Labute approximate surface area is 72.3 Å². The molecule has 0 saturated heterocycles. The second-order valence-electron chi connectivity index (χ2n) is 3.45. The van der Waals surface area contributed by atoms with Crippen LogP contribution in [0.3, 0.4) is 0 Å². The first-order valence-electron chi connectivity index (χ1n) is 4.40. The molecule has 0 heteroatoms. The fourth-order valence-corrected chi connectivity index (χ4v) is 2.08. The second-order valence-corrected chi connectivity index (χ2v) is 3.45. The van der Waals surface area contributed by atoms with E-state index in [0.29, 0.717) is 0 Å². The van der Waals surface area contributed by atoms with Crippen molar-refractivity contribution in [3.05, 3.63) is 59.8 Å². The van der Waals surface area contributed by atoms with Crippen LogP contribution in [0, 0.1) is 11.8 Å². The third-order valence-corrected chi connectivity index (χ3v) is 2.85. The normalized spacial score (nSPS) is 48.7. The van der Waals surface area contributed by atoms with Crippen molar-refractivity contribution in [2.45, 2.75) is 0 Å². The van der Waals surface area contributed by atoms with Crippen molar-refractivity contribution >= 4 is 0 Å². The molecule has 0 heterocycles. The van der Waals surface area contributed by atoms with Crippen molar-refractivity contribution in [3.63, 3.8) is 0 Å². The molecule has 0 bridgehead atoms.